The number of para-hydroxylation sites is 1. The highest BCUT2D eigenvalue weighted by Gasteiger charge is 2.44. The van der Waals surface area contributed by atoms with E-state index in [0.717, 1.165) is 30.5 Å². The van der Waals surface area contributed by atoms with Gasteiger partial charge in [0.2, 0.25) is 0 Å². The van der Waals surface area contributed by atoms with Crippen molar-refractivity contribution in [3.05, 3.63) is 36.1 Å². The molecule has 4 heteroatoms. The van der Waals surface area contributed by atoms with Gasteiger partial charge in [0, 0.05) is 30.6 Å². The largest absolute Gasteiger partial charge is 0.451 e. The molecule has 1 N–H and O–H groups in total. The second-order valence-corrected chi connectivity index (χ2v) is 5.93. The van der Waals surface area contributed by atoms with Gasteiger partial charge in [0.25, 0.3) is 5.91 Å². The molecule has 0 spiro atoms. The van der Waals surface area contributed by atoms with Crippen LogP contribution >= 0.6 is 0 Å². The van der Waals surface area contributed by atoms with Crippen molar-refractivity contribution >= 4 is 16.9 Å². The Hall–Kier alpha value is -1.81. The molecule has 0 saturated carbocycles. The van der Waals surface area contributed by atoms with Crippen molar-refractivity contribution < 1.29 is 9.21 Å². The van der Waals surface area contributed by atoms with E-state index in [0.29, 0.717) is 23.8 Å². The van der Waals surface area contributed by atoms with Crippen LogP contribution in [-0.4, -0.2) is 36.0 Å². The summed E-state index contributed by atoms with van der Waals surface area (Å²) in [7, 11) is 0. The van der Waals surface area contributed by atoms with Crippen LogP contribution in [0.1, 0.15) is 23.9 Å². The Morgan fingerprint density at radius 2 is 2.20 bits per heavy atom. The molecule has 0 radical (unpaired) electrons. The minimum atomic E-state index is 0.0323. The van der Waals surface area contributed by atoms with Crippen LogP contribution in [0.3, 0.4) is 0 Å². The van der Waals surface area contributed by atoms with E-state index in [2.05, 4.69) is 12.2 Å². The Balaban J connectivity index is 1.69. The molecule has 1 aromatic heterocycles. The molecule has 3 unspecified atom stereocenters. The topological polar surface area (TPSA) is 45.5 Å². The number of hydrogen-bond acceptors (Lipinski definition) is 3. The van der Waals surface area contributed by atoms with E-state index < -0.39 is 0 Å². The average molecular weight is 270 g/mol. The maximum absolute atomic E-state index is 12.8. The highest BCUT2D eigenvalue weighted by atomic mass is 16.3. The number of rotatable bonds is 1. The molecule has 2 saturated heterocycles. The monoisotopic (exact) mass is 270 g/mol. The second-order valence-electron chi connectivity index (χ2n) is 5.93. The Bertz CT molecular complexity index is 630. The lowest BCUT2D eigenvalue weighted by atomic mass is 10.0. The molecule has 20 heavy (non-hydrogen) atoms. The van der Waals surface area contributed by atoms with Crippen LogP contribution in [-0.2, 0) is 0 Å². The summed E-state index contributed by atoms with van der Waals surface area (Å²) in [4.78, 5) is 14.8. The fourth-order valence-corrected chi connectivity index (χ4v) is 3.73. The molecule has 2 fully saturated rings. The van der Waals surface area contributed by atoms with Crippen molar-refractivity contribution in [3.63, 3.8) is 0 Å². The molecule has 3 heterocycles. The van der Waals surface area contributed by atoms with Crippen molar-refractivity contribution in [3.8, 4) is 0 Å². The lowest BCUT2D eigenvalue weighted by Gasteiger charge is -2.26. The Kier molecular flexibility index (Phi) is 2.60. The lowest BCUT2D eigenvalue weighted by Crippen LogP contribution is -2.42. The fourth-order valence-electron chi connectivity index (χ4n) is 3.73. The fraction of sp³-hybridized carbons (Fsp3) is 0.438. The van der Waals surface area contributed by atoms with Gasteiger partial charge in [-0.2, -0.15) is 0 Å². The first-order valence-electron chi connectivity index (χ1n) is 7.26. The minimum Gasteiger partial charge on any atom is -0.451 e. The van der Waals surface area contributed by atoms with E-state index in [1.807, 2.05) is 35.2 Å². The molecule has 4 nitrogen and oxygen atoms in total. The summed E-state index contributed by atoms with van der Waals surface area (Å²) >= 11 is 0. The van der Waals surface area contributed by atoms with E-state index >= 15 is 0 Å². The number of carbonyl (C=O) groups excluding carboxylic acids is 1. The molecule has 4 rings (SSSR count). The number of likely N-dealkylation sites (tertiary alicyclic amines) is 1. The Morgan fingerprint density at radius 3 is 3.05 bits per heavy atom. The second kappa shape index (κ2) is 4.35. The third kappa shape index (κ3) is 1.68. The van der Waals surface area contributed by atoms with Crippen molar-refractivity contribution in [2.75, 3.05) is 13.1 Å². The van der Waals surface area contributed by atoms with E-state index in [1.54, 1.807) is 0 Å². The molecule has 1 aromatic carbocycles. The normalized spacial score (nSPS) is 29.1. The number of amides is 1. The van der Waals surface area contributed by atoms with Crippen LogP contribution in [0.4, 0.5) is 0 Å². The van der Waals surface area contributed by atoms with Crippen LogP contribution in [0, 0.1) is 5.92 Å². The lowest BCUT2D eigenvalue weighted by molar-refractivity contribution is 0.0651. The van der Waals surface area contributed by atoms with Gasteiger partial charge in [0.05, 0.1) is 0 Å². The van der Waals surface area contributed by atoms with E-state index in [4.69, 9.17) is 4.42 Å². The van der Waals surface area contributed by atoms with Gasteiger partial charge in [-0.3, -0.25) is 4.79 Å². The predicted molar refractivity (Wildman–Crippen MR) is 76.6 cm³/mol. The highest BCUT2D eigenvalue weighted by molar-refractivity contribution is 5.96. The quantitative estimate of drug-likeness (QED) is 0.864. The summed E-state index contributed by atoms with van der Waals surface area (Å²) in [5.41, 5.74) is 0.781. The molecule has 2 aliphatic heterocycles. The summed E-state index contributed by atoms with van der Waals surface area (Å²) < 4.78 is 5.73. The number of nitrogens with one attached hydrogen (secondary N) is 1. The number of furan rings is 1. The van der Waals surface area contributed by atoms with Crippen LogP contribution < -0.4 is 5.32 Å². The molecular formula is C16H18N2O2. The van der Waals surface area contributed by atoms with Gasteiger partial charge in [-0.05, 0) is 31.4 Å². The summed E-state index contributed by atoms with van der Waals surface area (Å²) in [6.07, 6.45) is 1.09. The maximum Gasteiger partial charge on any atom is 0.290 e. The molecule has 1 amide bonds. The van der Waals surface area contributed by atoms with Crippen molar-refractivity contribution in [2.45, 2.75) is 25.4 Å². The van der Waals surface area contributed by atoms with Gasteiger partial charge < -0.3 is 14.6 Å². The zero-order valence-corrected chi connectivity index (χ0v) is 11.5. The summed E-state index contributed by atoms with van der Waals surface area (Å²) in [5.74, 6) is 1.09. The first kappa shape index (κ1) is 12.0. The molecule has 104 valence electrons. The number of benzene rings is 1. The molecular weight excluding hydrogens is 252 g/mol. The van der Waals surface area contributed by atoms with Crippen molar-refractivity contribution in [1.29, 1.82) is 0 Å². The summed E-state index contributed by atoms with van der Waals surface area (Å²) in [6, 6.07) is 10.2. The first-order valence-corrected chi connectivity index (χ1v) is 7.26. The zero-order chi connectivity index (χ0) is 13.7. The summed E-state index contributed by atoms with van der Waals surface area (Å²) in [5, 5.41) is 4.37. The summed E-state index contributed by atoms with van der Waals surface area (Å²) in [6.45, 7) is 4.07. The van der Waals surface area contributed by atoms with E-state index in [9.17, 15) is 4.79 Å². The number of carbonyl (C=O) groups is 1. The van der Waals surface area contributed by atoms with Gasteiger partial charge in [0.1, 0.15) is 5.58 Å². The third-order valence-electron chi connectivity index (χ3n) is 4.65. The number of hydrogen-bond donors (Lipinski definition) is 1. The van der Waals surface area contributed by atoms with Crippen LogP contribution in [0.5, 0.6) is 0 Å². The van der Waals surface area contributed by atoms with Crippen LogP contribution in [0.15, 0.2) is 34.7 Å². The number of nitrogens with zero attached hydrogens (tertiary/aromatic N) is 1. The van der Waals surface area contributed by atoms with E-state index in [-0.39, 0.29) is 5.91 Å². The molecule has 3 atom stereocenters. The average Bonchev–Trinajstić information content (AvgIpc) is 3.10. The van der Waals surface area contributed by atoms with E-state index in [1.165, 1.54) is 0 Å². The highest BCUT2D eigenvalue weighted by Crippen LogP contribution is 2.34. The third-order valence-corrected chi connectivity index (χ3v) is 4.65. The first-order chi connectivity index (χ1) is 9.74. The standard InChI is InChI=1S/C16H18N2O2/c1-10-6-12-8-17-9-13(12)18(10)16(19)15-7-11-4-2-3-5-14(11)20-15/h2-5,7,10,12-13,17H,6,8-9H2,1H3. The Labute approximate surface area is 117 Å². The van der Waals surface area contributed by atoms with Gasteiger partial charge in [-0.15, -0.1) is 0 Å². The molecule has 2 aromatic rings. The van der Waals surface area contributed by atoms with Gasteiger partial charge in [-0.1, -0.05) is 18.2 Å². The maximum atomic E-state index is 12.8. The van der Waals surface area contributed by atoms with Gasteiger partial charge in [-0.25, -0.2) is 0 Å². The predicted octanol–water partition coefficient (Wildman–Crippen LogP) is 2.26. The van der Waals surface area contributed by atoms with Crippen LogP contribution in [0.2, 0.25) is 0 Å². The SMILES string of the molecule is CC1CC2CNCC2N1C(=O)c1cc2ccccc2o1. The smallest absolute Gasteiger partial charge is 0.290 e. The zero-order valence-electron chi connectivity index (χ0n) is 11.5. The number of fused-ring (bicyclic) bond motifs is 2. The van der Waals surface area contributed by atoms with Gasteiger partial charge in [0.15, 0.2) is 5.76 Å². The molecule has 0 bridgehead atoms. The van der Waals surface area contributed by atoms with Crippen LogP contribution in [0.25, 0.3) is 11.0 Å². The molecule has 2 aliphatic rings. The van der Waals surface area contributed by atoms with Crippen molar-refractivity contribution in [1.82, 2.24) is 10.2 Å². The Morgan fingerprint density at radius 1 is 1.35 bits per heavy atom. The minimum absolute atomic E-state index is 0.0323. The molecule has 0 aliphatic carbocycles. The van der Waals surface area contributed by atoms with Gasteiger partial charge >= 0.3 is 0 Å². The van der Waals surface area contributed by atoms with Crippen molar-refractivity contribution in [2.24, 2.45) is 5.92 Å².